The van der Waals surface area contributed by atoms with Gasteiger partial charge in [0.2, 0.25) is 0 Å². The van der Waals surface area contributed by atoms with Crippen molar-refractivity contribution in [3.63, 3.8) is 0 Å². The fraction of sp³-hybridized carbons (Fsp3) is 0.250. The third kappa shape index (κ3) is 2.28. The summed E-state index contributed by atoms with van der Waals surface area (Å²) in [6.45, 7) is 4.49. The Kier molecular flexibility index (Phi) is 3.32. The summed E-state index contributed by atoms with van der Waals surface area (Å²) in [4.78, 5) is 9.76. The maximum atomic E-state index is 6.16. The summed E-state index contributed by atoms with van der Waals surface area (Å²) < 4.78 is 2.90. The zero-order chi connectivity index (χ0) is 13.6. The molecular weight excluding hydrogens is 348 g/mol. The molecule has 3 aromatic heterocycles. The molecule has 0 aliphatic carbocycles. The number of halogens is 2. The average molecular weight is 358 g/mol. The van der Waals surface area contributed by atoms with Crippen molar-refractivity contribution in [3.8, 4) is 0 Å². The summed E-state index contributed by atoms with van der Waals surface area (Å²) in [5, 5.41) is 7.83. The van der Waals surface area contributed by atoms with Crippen molar-refractivity contribution < 1.29 is 0 Å². The Bertz CT molecular complexity index is 765. The Morgan fingerprint density at radius 1 is 1.37 bits per heavy atom. The first-order chi connectivity index (χ1) is 9.06. The molecule has 3 aromatic rings. The third-order valence-corrected chi connectivity index (χ3v) is 5.15. The molecule has 0 saturated heterocycles. The molecule has 3 heterocycles. The van der Waals surface area contributed by atoms with Crippen molar-refractivity contribution in [1.82, 2.24) is 19.7 Å². The minimum Gasteiger partial charge on any atom is -0.261 e. The summed E-state index contributed by atoms with van der Waals surface area (Å²) >= 11 is 11.2. The lowest BCUT2D eigenvalue weighted by atomic mass is 10.4. The summed E-state index contributed by atoms with van der Waals surface area (Å²) in [5.41, 5.74) is 2.02. The minimum atomic E-state index is 0.502. The van der Waals surface area contributed by atoms with Crippen LogP contribution in [0.3, 0.4) is 0 Å². The molecule has 0 N–H and O–H groups in total. The summed E-state index contributed by atoms with van der Waals surface area (Å²) in [6.07, 6.45) is 0. The van der Waals surface area contributed by atoms with E-state index in [0.29, 0.717) is 17.5 Å². The van der Waals surface area contributed by atoms with Crippen LogP contribution >= 0.6 is 38.9 Å². The van der Waals surface area contributed by atoms with Gasteiger partial charge in [-0.25, -0.2) is 9.97 Å². The highest BCUT2D eigenvalue weighted by atomic mass is 79.9. The van der Waals surface area contributed by atoms with E-state index in [0.717, 1.165) is 26.1 Å². The standard InChI is InChI=1S/C12H10BrClN4S/c1-6-10(13)7(2)18(17-6)5-9-15-11(14)8-3-4-19-12(8)16-9/h3-4H,5H2,1-2H3. The van der Waals surface area contributed by atoms with Gasteiger partial charge in [-0.05, 0) is 41.2 Å². The van der Waals surface area contributed by atoms with Crippen LogP contribution in [0.1, 0.15) is 17.2 Å². The van der Waals surface area contributed by atoms with Crippen LogP contribution in [-0.2, 0) is 6.54 Å². The molecule has 98 valence electrons. The molecule has 0 radical (unpaired) electrons. The zero-order valence-electron chi connectivity index (χ0n) is 10.3. The minimum absolute atomic E-state index is 0.502. The highest BCUT2D eigenvalue weighted by Gasteiger charge is 2.12. The van der Waals surface area contributed by atoms with Gasteiger partial charge in [-0.15, -0.1) is 11.3 Å². The van der Waals surface area contributed by atoms with Gasteiger partial charge in [0.05, 0.1) is 15.9 Å². The third-order valence-electron chi connectivity index (χ3n) is 2.91. The van der Waals surface area contributed by atoms with Crippen LogP contribution in [0.15, 0.2) is 15.9 Å². The lowest BCUT2D eigenvalue weighted by molar-refractivity contribution is 0.634. The van der Waals surface area contributed by atoms with Crippen molar-refractivity contribution in [3.05, 3.63) is 38.3 Å². The van der Waals surface area contributed by atoms with Crippen LogP contribution in [-0.4, -0.2) is 19.7 Å². The molecule has 0 bridgehead atoms. The average Bonchev–Trinajstić information content (AvgIpc) is 2.92. The van der Waals surface area contributed by atoms with Gasteiger partial charge in [0.1, 0.15) is 16.5 Å². The van der Waals surface area contributed by atoms with E-state index in [1.165, 1.54) is 0 Å². The number of aryl methyl sites for hydroxylation is 1. The second-order valence-electron chi connectivity index (χ2n) is 4.21. The number of nitrogens with zero attached hydrogens (tertiary/aromatic N) is 4. The first kappa shape index (κ1) is 13.0. The SMILES string of the molecule is Cc1nn(Cc2nc(Cl)c3ccsc3n2)c(C)c1Br. The molecule has 0 unspecified atom stereocenters. The van der Waals surface area contributed by atoms with Gasteiger partial charge in [-0.1, -0.05) is 11.6 Å². The second-order valence-corrected chi connectivity index (χ2v) is 6.26. The molecule has 0 spiro atoms. The van der Waals surface area contributed by atoms with Gasteiger partial charge in [0.25, 0.3) is 0 Å². The van der Waals surface area contributed by atoms with Gasteiger partial charge in [0, 0.05) is 5.39 Å². The predicted octanol–water partition coefficient (Wildman–Crippen LogP) is 3.97. The Morgan fingerprint density at radius 3 is 2.84 bits per heavy atom. The van der Waals surface area contributed by atoms with Crippen LogP contribution in [0.5, 0.6) is 0 Å². The van der Waals surface area contributed by atoms with Crippen LogP contribution in [0.2, 0.25) is 5.15 Å². The quantitative estimate of drug-likeness (QED) is 0.652. The summed E-state index contributed by atoms with van der Waals surface area (Å²) in [6, 6.07) is 1.94. The van der Waals surface area contributed by atoms with E-state index in [9.17, 15) is 0 Å². The molecule has 0 aromatic carbocycles. The number of hydrogen-bond donors (Lipinski definition) is 0. The normalized spacial score (nSPS) is 11.4. The molecular formula is C12H10BrClN4S. The maximum Gasteiger partial charge on any atom is 0.153 e. The van der Waals surface area contributed by atoms with E-state index >= 15 is 0 Å². The molecule has 0 fully saturated rings. The zero-order valence-corrected chi connectivity index (χ0v) is 13.5. The maximum absolute atomic E-state index is 6.16. The van der Waals surface area contributed by atoms with E-state index in [1.54, 1.807) is 11.3 Å². The fourth-order valence-electron chi connectivity index (χ4n) is 1.89. The number of hydrogen-bond acceptors (Lipinski definition) is 4. The van der Waals surface area contributed by atoms with E-state index in [1.807, 2.05) is 30.0 Å². The largest absolute Gasteiger partial charge is 0.261 e. The first-order valence-electron chi connectivity index (χ1n) is 5.65. The van der Waals surface area contributed by atoms with E-state index < -0.39 is 0 Å². The highest BCUT2D eigenvalue weighted by Crippen LogP contribution is 2.25. The lowest BCUT2D eigenvalue weighted by Crippen LogP contribution is -2.07. The number of thiophene rings is 1. The summed E-state index contributed by atoms with van der Waals surface area (Å²) in [5.74, 6) is 0.679. The topological polar surface area (TPSA) is 43.6 Å². The van der Waals surface area contributed by atoms with Crippen LogP contribution in [0, 0.1) is 13.8 Å². The lowest BCUT2D eigenvalue weighted by Gasteiger charge is -2.04. The monoisotopic (exact) mass is 356 g/mol. The van der Waals surface area contributed by atoms with Crippen molar-refractivity contribution >= 4 is 49.1 Å². The van der Waals surface area contributed by atoms with Gasteiger partial charge >= 0.3 is 0 Å². The Morgan fingerprint density at radius 2 is 2.16 bits per heavy atom. The van der Waals surface area contributed by atoms with E-state index in [2.05, 4.69) is 31.0 Å². The Balaban J connectivity index is 2.03. The van der Waals surface area contributed by atoms with Crippen LogP contribution < -0.4 is 0 Å². The molecule has 4 nitrogen and oxygen atoms in total. The van der Waals surface area contributed by atoms with Crippen molar-refractivity contribution in [1.29, 1.82) is 0 Å². The van der Waals surface area contributed by atoms with Crippen molar-refractivity contribution in [2.45, 2.75) is 20.4 Å². The first-order valence-corrected chi connectivity index (χ1v) is 7.70. The van der Waals surface area contributed by atoms with Crippen LogP contribution in [0.4, 0.5) is 0 Å². The van der Waals surface area contributed by atoms with E-state index in [-0.39, 0.29) is 0 Å². The van der Waals surface area contributed by atoms with Gasteiger partial charge in [-0.2, -0.15) is 5.10 Å². The van der Waals surface area contributed by atoms with Crippen molar-refractivity contribution in [2.24, 2.45) is 0 Å². The van der Waals surface area contributed by atoms with Gasteiger partial charge in [-0.3, -0.25) is 4.68 Å². The molecule has 7 heteroatoms. The molecule has 0 amide bonds. The van der Waals surface area contributed by atoms with E-state index in [4.69, 9.17) is 11.6 Å². The molecule has 0 saturated carbocycles. The predicted molar refractivity (Wildman–Crippen MR) is 80.9 cm³/mol. The smallest absolute Gasteiger partial charge is 0.153 e. The number of aromatic nitrogens is 4. The molecule has 0 aliphatic heterocycles. The Hall–Kier alpha value is -0.980. The number of fused-ring (bicyclic) bond motifs is 1. The summed E-state index contributed by atoms with van der Waals surface area (Å²) in [7, 11) is 0. The Labute approximate surface area is 127 Å². The van der Waals surface area contributed by atoms with Gasteiger partial charge < -0.3 is 0 Å². The molecule has 19 heavy (non-hydrogen) atoms. The highest BCUT2D eigenvalue weighted by molar-refractivity contribution is 9.10. The molecule has 3 rings (SSSR count). The van der Waals surface area contributed by atoms with Gasteiger partial charge in [0.15, 0.2) is 5.82 Å². The van der Waals surface area contributed by atoms with Crippen molar-refractivity contribution in [2.75, 3.05) is 0 Å². The number of rotatable bonds is 2. The fourth-order valence-corrected chi connectivity index (χ4v) is 3.27. The second kappa shape index (κ2) is 4.85. The van der Waals surface area contributed by atoms with Crippen LogP contribution in [0.25, 0.3) is 10.2 Å². The molecule has 0 aliphatic rings. The molecule has 0 atom stereocenters.